The number of anilines is 1. The van der Waals surface area contributed by atoms with Crippen molar-refractivity contribution >= 4 is 17.3 Å². The summed E-state index contributed by atoms with van der Waals surface area (Å²) in [4.78, 5) is 1.90. The minimum atomic E-state index is -4.76. The lowest BCUT2D eigenvalue weighted by Gasteiger charge is -2.31. The van der Waals surface area contributed by atoms with Gasteiger partial charge in [-0.2, -0.15) is 0 Å². The summed E-state index contributed by atoms with van der Waals surface area (Å²) in [5, 5.41) is 9.32. The molecule has 0 radical (unpaired) electrons. The Labute approximate surface area is 113 Å². The normalized spacial score (nSPS) is 17.6. The second-order valence-corrected chi connectivity index (χ2v) is 4.79. The van der Waals surface area contributed by atoms with Crippen LogP contribution in [0.5, 0.6) is 5.75 Å². The lowest BCUT2D eigenvalue weighted by molar-refractivity contribution is -0.274. The van der Waals surface area contributed by atoms with Crippen LogP contribution in [0, 0.1) is 0 Å². The molecule has 0 spiro atoms. The molecule has 0 saturated carbocycles. The summed E-state index contributed by atoms with van der Waals surface area (Å²) in [5.74, 6) is -0.405. The number of hydrogen-bond acceptors (Lipinski definition) is 3. The SMILES string of the molecule is OC1CCN(c2ccc(Cl)c(OC(F)(F)F)c2)CC1. The fourth-order valence-electron chi connectivity index (χ4n) is 2.02. The lowest BCUT2D eigenvalue weighted by Crippen LogP contribution is -2.35. The summed E-state index contributed by atoms with van der Waals surface area (Å²) in [7, 11) is 0. The van der Waals surface area contributed by atoms with Crippen molar-refractivity contribution in [3.63, 3.8) is 0 Å². The maximum atomic E-state index is 12.2. The van der Waals surface area contributed by atoms with Crippen molar-refractivity contribution in [2.75, 3.05) is 18.0 Å². The molecular weight excluding hydrogens is 283 g/mol. The molecule has 0 aromatic heterocycles. The number of aliphatic hydroxyl groups excluding tert-OH is 1. The highest BCUT2D eigenvalue weighted by Gasteiger charge is 2.32. The fraction of sp³-hybridized carbons (Fsp3) is 0.500. The standard InChI is InChI=1S/C12H13ClF3NO2/c13-10-2-1-8(7-11(10)19-12(14,15)16)17-5-3-9(18)4-6-17/h1-2,7,9,18H,3-6H2. The van der Waals surface area contributed by atoms with Crippen LogP contribution in [0.1, 0.15) is 12.8 Å². The second-order valence-electron chi connectivity index (χ2n) is 4.38. The van der Waals surface area contributed by atoms with Crippen molar-refractivity contribution in [2.45, 2.75) is 25.3 Å². The number of ether oxygens (including phenoxy) is 1. The first kappa shape index (κ1) is 14.3. The van der Waals surface area contributed by atoms with Crippen molar-refractivity contribution < 1.29 is 23.0 Å². The molecule has 1 heterocycles. The number of rotatable bonds is 2. The zero-order valence-corrected chi connectivity index (χ0v) is 10.7. The zero-order valence-electron chi connectivity index (χ0n) is 9.95. The number of hydrogen-bond donors (Lipinski definition) is 1. The molecule has 0 amide bonds. The minimum absolute atomic E-state index is 0.0851. The molecule has 0 bridgehead atoms. The van der Waals surface area contributed by atoms with Crippen LogP contribution < -0.4 is 9.64 Å². The molecule has 1 aliphatic rings. The van der Waals surface area contributed by atoms with Crippen LogP contribution in [0.2, 0.25) is 5.02 Å². The van der Waals surface area contributed by atoms with E-state index < -0.39 is 12.1 Å². The monoisotopic (exact) mass is 295 g/mol. The highest BCUT2D eigenvalue weighted by Crippen LogP contribution is 2.34. The van der Waals surface area contributed by atoms with E-state index in [9.17, 15) is 18.3 Å². The van der Waals surface area contributed by atoms with Crippen LogP contribution in [0.3, 0.4) is 0 Å². The van der Waals surface area contributed by atoms with Crippen molar-refractivity contribution in [1.29, 1.82) is 0 Å². The van der Waals surface area contributed by atoms with Gasteiger partial charge >= 0.3 is 6.36 Å². The van der Waals surface area contributed by atoms with Crippen LogP contribution in [-0.4, -0.2) is 30.7 Å². The summed E-state index contributed by atoms with van der Waals surface area (Å²) in [5.41, 5.74) is 0.607. The average molecular weight is 296 g/mol. The zero-order chi connectivity index (χ0) is 14.0. The van der Waals surface area contributed by atoms with Gasteiger partial charge in [-0.1, -0.05) is 11.6 Å². The van der Waals surface area contributed by atoms with E-state index in [-0.39, 0.29) is 11.1 Å². The van der Waals surface area contributed by atoms with E-state index in [0.29, 0.717) is 31.6 Å². The van der Waals surface area contributed by atoms with E-state index in [1.54, 1.807) is 6.07 Å². The number of alkyl halides is 3. The van der Waals surface area contributed by atoms with Crippen molar-refractivity contribution in [2.24, 2.45) is 0 Å². The predicted molar refractivity (Wildman–Crippen MR) is 65.6 cm³/mol. The first-order valence-corrected chi connectivity index (χ1v) is 6.21. The van der Waals surface area contributed by atoms with Gasteiger partial charge in [-0.3, -0.25) is 0 Å². The van der Waals surface area contributed by atoms with Crippen LogP contribution >= 0.6 is 11.6 Å². The smallest absolute Gasteiger partial charge is 0.404 e. The molecule has 1 N–H and O–H groups in total. The summed E-state index contributed by atoms with van der Waals surface area (Å²) in [6, 6.07) is 4.29. The van der Waals surface area contributed by atoms with E-state index in [4.69, 9.17) is 11.6 Å². The molecule has 106 valence electrons. The van der Waals surface area contributed by atoms with E-state index in [0.717, 1.165) is 0 Å². The van der Waals surface area contributed by atoms with Gasteiger partial charge in [0.05, 0.1) is 11.1 Å². The number of halogens is 4. The molecule has 0 unspecified atom stereocenters. The molecule has 1 saturated heterocycles. The van der Waals surface area contributed by atoms with Crippen molar-refractivity contribution in [1.82, 2.24) is 0 Å². The first-order valence-electron chi connectivity index (χ1n) is 5.83. The maximum absolute atomic E-state index is 12.2. The van der Waals surface area contributed by atoms with Gasteiger partial charge in [-0.05, 0) is 25.0 Å². The Morgan fingerprint density at radius 2 is 1.89 bits per heavy atom. The van der Waals surface area contributed by atoms with Gasteiger partial charge in [0.25, 0.3) is 0 Å². The molecule has 1 aliphatic heterocycles. The Balaban J connectivity index is 2.16. The topological polar surface area (TPSA) is 32.7 Å². The summed E-state index contributed by atoms with van der Waals surface area (Å²) < 4.78 is 40.5. The number of benzene rings is 1. The van der Waals surface area contributed by atoms with E-state index in [1.165, 1.54) is 12.1 Å². The predicted octanol–water partition coefficient (Wildman–Crippen LogP) is 3.20. The van der Waals surface area contributed by atoms with E-state index >= 15 is 0 Å². The molecule has 1 aromatic rings. The van der Waals surface area contributed by atoms with Gasteiger partial charge in [0, 0.05) is 24.8 Å². The molecule has 2 rings (SSSR count). The molecule has 19 heavy (non-hydrogen) atoms. The van der Waals surface area contributed by atoms with E-state index in [2.05, 4.69) is 4.74 Å². The Bertz CT molecular complexity index is 445. The minimum Gasteiger partial charge on any atom is -0.404 e. The van der Waals surface area contributed by atoms with Gasteiger partial charge in [0.2, 0.25) is 0 Å². The van der Waals surface area contributed by atoms with Crippen molar-refractivity contribution in [3.05, 3.63) is 23.2 Å². The third-order valence-corrected chi connectivity index (χ3v) is 3.28. The maximum Gasteiger partial charge on any atom is 0.573 e. The third kappa shape index (κ3) is 3.91. The molecule has 1 fully saturated rings. The molecule has 0 aliphatic carbocycles. The Kier molecular flexibility index (Phi) is 4.10. The molecule has 1 aromatic carbocycles. The Hall–Kier alpha value is -1.14. The second kappa shape index (κ2) is 5.46. The molecule has 0 atom stereocenters. The van der Waals surface area contributed by atoms with E-state index in [1.807, 2.05) is 4.90 Å². The Morgan fingerprint density at radius 1 is 1.26 bits per heavy atom. The van der Waals surface area contributed by atoms with Crippen molar-refractivity contribution in [3.8, 4) is 5.75 Å². The first-order chi connectivity index (χ1) is 8.85. The van der Waals surface area contributed by atoms with Gasteiger partial charge < -0.3 is 14.7 Å². The number of aliphatic hydroxyl groups is 1. The highest BCUT2D eigenvalue weighted by molar-refractivity contribution is 6.32. The Morgan fingerprint density at radius 3 is 2.47 bits per heavy atom. The molecular formula is C12H13ClF3NO2. The average Bonchev–Trinajstić information content (AvgIpc) is 2.31. The van der Waals surface area contributed by atoms with Crippen LogP contribution in [0.4, 0.5) is 18.9 Å². The quantitative estimate of drug-likeness (QED) is 0.909. The van der Waals surface area contributed by atoms with Gasteiger partial charge in [0.1, 0.15) is 5.75 Å². The highest BCUT2D eigenvalue weighted by atomic mass is 35.5. The van der Waals surface area contributed by atoms with Gasteiger partial charge in [-0.25, -0.2) is 0 Å². The number of piperidine rings is 1. The molecule has 3 nitrogen and oxygen atoms in total. The van der Waals surface area contributed by atoms with Crippen LogP contribution in [0.15, 0.2) is 18.2 Å². The third-order valence-electron chi connectivity index (χ3n) is 2.97. The molecule has 7 heteroatoms. The summed E-state index contributed by atoms with van der Waals surface area (Å²) >= 11 is 5.68. The van der Waals surface area contributed by atoms with Crippen LogP contribution in [0.25, 0.3) is 0 Å². The van der Waals surface area contributed by atoms with Gasteiger partial charge in [0.15, 0.2) is 0 Å². The summed E-state index contributed by atoms with van der Waals surface area (Å²) in [6.07, 6.45) is -3.91. The lowest BCUT2D eigenvalue weighted by atomic mass is 10.1. The largest absolute Gasteiger partial charge is 0.573 e. The summed E-state index contributed by atoms with van der Waals surface area (Å²) in [6.45, 7) is 1.18. The van der Waals surface area contributed by atoms with Crippen LogP contribution in [-0.2, 0) is 0 Å². The number of nitrogens with zero attached hydrogens (tertiary/aromatic N) is 1. The van der Waals surface area contributed by atoms with Gasteiger partial charge in [-0.15, -0.1) is 13.2 Å². The fourth-order valence-corrected chi connectivity index (χ4v) is 2.17.